The van der Waals surface area contributed by atoms with Crippen LogP contribution in [0.5, 0.6) is 0 Å². The van der Waals surface area contributed by atoms with Crippen molar-refractivity contribution >= 4 is 5.69 Å². The molecule has 0 spiro atoms. The predicted molar refractivity (Wildman–Crippen MR) is 66.8 cm³/mol. The number of aliphatic hydroxyl groups excluding tert-OH is 3. The summed E-state index contributed by atoms with van der Waals surface area (Å²) in [6.07, 6.45) is -1.91. The van der Waals surface area contributed by atoms with Gasteiger partial charge in [0.15, 0.2) is 0 Å². The van der Waals surface area contributed by atoms with Crippen LogP contribution >= 0.6 is 0 Å². The quantitative estimate of drug-likeness (QED) is 0.536. The lowest BCUT2D eigenvalue weighted by Crippen LogP contribution is -2.27. The Morgan fingerprint density at radius 1 is 1.24 bits per heavy atom. The van der Waals surface area contributed by atoms with Crippen LogP contribution in [0, 0.1) is 0 Å². The predicted octanol–water partition coefficient (Wildman–Crippen LogP) is -0.532. The zero-order valence-corrected chi connectivity index (χ0v) is 9.95. The standard InChI is InChI=1S/C12H20N2O3/c1-14(6-7-15)10-4-2-9(3-5-10)12(17)11(16)8-13/h2-5,11-12,15-17H,6-8,13H2,1H3. The van der Waals surface area contributed by atoms with Crippen molar-refractivity contribution in [3.05, 3.63) is 29.8 Å². The molecule has 1 rings (SSSR count). The molecule has 0 bridgehead atoms. The first-order valence-corrected chi connectivity index (χ1v) is 5.58. The van der Waals surface area contributed by atoms with Gasteiger partial charge >= 0.3 is 0 Å². The maximum absolute atomic E-state index is 9.74. The molecular formula is C12H20N2O3. The summed E-state index contributed by atoms with van der Waals surface area (Å²) in [6, 6.07) is 7.15. The van der Waals surface area contributed by atoms with E-state index in [1.165, 1.54) is 0 Å². The summed E-state index contributed by atoms with van der Waals surface area (Å²) in [5, 5.41) is 28.0. The van der Waals surface area contributed by atoms with E-state index in [4.69, 9.17) is 10.8 Å². The molecule has 0 aliphatic carbocycles. The van der Waals surface area contributed by atoms with Gasteiger partial charge in [-0.1, -0.05) is 12.1 Å². The Morgan fingerprint density at radius 3 is 2.29 bits per heavy atom. The number of nitrogens with zero attached hydrogens (tertiary/aromatic N) is 1. The molecule has 17 heavy (non-hydrogen) atoms. The molecule has 1 aromatic carbocycles. The molecule has 5 N–H and O–H groups in total. The molecular weight excluding hydrogens is 220 g/mol. The average Bonchev–Trinajstić information content (AvgIpc) is 2.37. The second-order valence-electron chi connectivity index (χ2n) is 3.98. The second-order valence-corrected chi connectivity index (χ2v) is 3.98. The van der Waals surface area contributed by atoms with E-state index in [-0.39, 0.29) is 13.2 Å². The molecule has 1 aromatic rings. The van der Waals surface area contributed by atoms with Crippen LogP contribution in [0.2, 0.25) is 0 Å². The Bertz CT molecular complexity index is 329. The SMILES string of the molecule is CN(CCO)c1ccc(C(O)C(O)CN)cc1. The van der Waals surface area contributed by atoms with E-state index in [0.29, 0.717) is 12.1 Å². The number of rotatable bonds is 6. The van der Waals surface area contributed by atoms with E-state index in [1.54, 1.807) is 12.1 Å². The molecule has 2 unspecified atom stereocenters. The molecule has 2 atom stereocenters. The minimum Gasteiger partial charge on any atom is -0.395 e. The molecule has 96 valence electrons. The monoisotopic (exact) mass is 240 g/mol. The maximum atomic E-state index is 9.74. The molecule has 0 aliphatic rings. The third-order valence-electron chi connectivity index (χ3n) is 2.72. The van der Waals surface area contributed by atoms with E-state index in [1.807, 2.05) is 24.1 Å². The number of benzene rings is 1. The van der Waals surface area contributed by atoms with Crippen molar-refractivity contribution in [3.63, 3.8) is 0 Å². The van der Waals surface area contributed by atoms with Gasteiger partial charge in [-0.05, 0) is 17.7 Å². The molecule has 0 fully saturated rings. The zero-order valence-electron chi connectivity index (χ0n) is 9.95. The van der Waals surface area contributed by atoms with Gasteiger partial charge in [0, 0.05) is 25.8 Å². The highest BCUT2D eigenvalue weighted by Crippen LogP contribution is 2.20. The van der Waals surface area contributed by atoms with E-state index >= 15 is 0 Å². The number of hydrogen-bond donors (Lipinski definition) is 4. The Hall–Kier alpha value is -1.14. The molecule has 0 radical (unpaired) electrons. The van der Waals surface area contributed by atoms with E-state index < -0.39 is 12.2 Å². The van der Waals surface area contributed by atoms with Gasteiger partial charge in [0.2, 0.25) is 0 Å². The summed E-state index contributed by atoms with van der Waals surface area (Å²) in [5.74, 6) is 0. The minimum absolute atomic E-state index is 0.0212. The van der Waals surface area contributed by atoms with Crippen LogP contribution in [-0.2, 0) is 0 Å². The highest BCUT2D eigenvalue weighted by molar-refractivity contribution is 5.47. The van der Waals surface area contributed by atoms with Crippen molar-refractivity contribution < 1.29 is 15.3 Å². The van der Waals surface area contributed by atoms with Crippen molar-refractivity contribution in [2.24, 2.45) is 5.73 Å². The van der Waals surface area contributed by atoms with Crippen LogP contribution < -0.4 is 10.6 Å². The van der Waals surface area contributed by atoms with Crippen LogP contribution in [0.1, 0.15) is 11.7 Å². The third-order valence-corrected chi connectivity index (χ3v) is 2.72. The van der Waals surface area contributed by atoms with Gasteiger partial charge in [-0.25, -0.2) is 0 Å². The molecule has 5 heteroatoms. The smallest absolute Gasteiger partial charge is 0.106 e. The van der Waals surface area contributed by atoms with Crippen LogP contribution in [-0.4, -0.2) is 48.2 Å². The van der Waals surface area contributed by atoms with Gasteiger partial charge in [0.1, 0.15) is 6.10 Å². The second kappa shape index (κ2) is 6.56. The zero-order chi connectivity index (χ0) is 12.8. The van der Waals surface area contributed by atoms with Crippen molar-refractivity contribution in [2.75, 3.05) is 31.6 Å². The highest BCUT2D eigenvalue weighted by atomic mass is 16.3. The molecule has 0 heterocycles. The summed E-state index contributed by atoms with van der Waals surface area (Å²) in [6.45, 7) is 0.660. The van der Waals surface area contributed by atoms with Crippen LogP contribution in [0.4, 0.5) is 5.69 Å². The van der Waals surface area contributed by atoms with Crippen molar-refractivity contribution in [2.45, 2.75) is 12.2 Å². The van der Waals surface area contributed by atoms with E-state index in [2.05, 4.69) is 0 Å². The lowest BCUT2D eigenvalue weighted by Gasteiger charge is -2.20. The van der Waals surface area contributed by atoms with Gasteiger partial charge in [-0.2, -0.15) is 0 Å². The fraction of sp³-hybridized carbons (Fsp3) is 0.500. The average molecular weight is 240 g/mol. The maximum Gasteiger partial charge on any atom is 0.106 e. The Labute approximate surface area is 101 Å². The summed E-state index contributed by atoms with van der Waals surface area (Å²) in [7, 11) is 1.87. The third kappa shape index (κ3) is 3.67. The Morgan fingerprint density at radius 2 is 1.82 bits per heavy atom. The number of aliphatic hydroxyl groups is 3. The number of nitrogens with two attached hydrogens (primary N) is 1. The molecule has 0 amide bonds. The Kier molecular flexibility index (Phi) is 5.37. The summed E-state index contributed by atoms with van der Waals surface area (Å²) >= 11 is 0. The highest BCUT2D eigenvalue weighted by Gasteiger charge is 2.16. The summed E-state index contributed by atoms with van der Waals surface area (Å²) in [4.78, 5) is 1.90. The first kappa shape index (κ1) is 13.9. The normalized spacial score (nSPS) is 14.4. The van der Waals surface area contributed by atoms with Crippen molar-refractivity contribution in [1.29, 1.82) is 0 Å². The van der Waals surface area contributed by atoms with Gasteiger partial charge < -0.3 is 26.0 Å². The van der Waals surface area contributed by atoms with Gasteiger partial charge in [0.25, 0.3) is 0 Å². The van der Waals surface area contributed by atoms with E-state index in [9.17, 15) is 10.2 Å². The number of likely N-dealkylation sites (N-methyl/N-ethyl adjacent to an activating group) is 1. The fourth-order valence-corrected chi connectivity index (χ4v) is 1.56. The van der Waals surface area contributed by atoms with Crippen LogP contribution in [0.25, 0.3) is 0 Å². The summed E-state index contributed by atoms with van der Waals surface area (Å²) < 4.78 is 0. The number of hydrogen-bond acceptors (Lipinski definition) is 5. The number of anilines is 1. The topological polar surface area (TPSA) is 90.0 Å². The van der Waals surface area contributed by atoms with Gasteiger partial charge in [-0.15, -0.1) is 0 Å². The molecule has 0 aromatic heterocycles. The van der Waals surface area contributed by atoms with Crippen molar-refractivity contribution in [1.82, 2.24) is 0 Å². The summed E-state index contributed by atoms with van der Waals surface area (Å²) in [5.41, 5.74) is 6.85. The molecule has 0 saturated heterocycles. The molecule has 0 saturated carbocycles. The first-order valence-electron chi connectivity index (χ1n) is 5.58. The fourth-order valence-electron chi connectivity index (χ4n) is 1.56. The van der Waals surface area contributed by atoms with Gasteiger partial charge in [0.05, 0.1) is 12.7 Å². The molecule has 0 aliphatic heterocycles. The van der Waals surface area contributed by atoms with E-state index in [0.717, 1.165) is 5.69 Å². The van der Waals surface area contributed by atoms with Crippen LogP contribution in [0.3, 0.4) is 0 Å². The molecule has 5 nitrogen and oxygen atoms in total. The van der Waals surface area contributed by atoms with Gasteiger partial charge in [-0.3, -0.25) is 0 Å². The lowest BCUT2D eigenvalue weighted by atomic mass is 10.0. The largest absolute Gasteiger partial charge is 0.395 e. The Balaban J connectivity index is 2.73. The first-order chi connectivity index (χ1) is 8.10. The van der Waals surface area contributed by atoms with Crippen LogP contribution in [0.15, 0.2) is 24.3 Å². The lowest BCUT2D eigenvalue weighted by molar-refractivity contribution is 0.0243. The van der Waals surface area contributed by atoms with Crippen molar-refractivity contribution in [3.8, 4) is 0 Å². The minimum atomic E-state index is -0.961.